The van der Waals surface area contributed by atoms with E-state index in [9.17, 15) is 4.79 Å². The predicted molar refractivity (Wildman–Crippen MR) is 68.4 cm³/mol. The summed E-state index contributed by atoms with van der Waals surface area (Å²) in [6.07, 6.45) is 2.16. The van der Waals surface area contributed by atoms with Gasteiger partial charge in [0.2, 0.25) is 5.91 Å². The molecular weight excluding hydrogens is 212 g/mol. The van der Waals surface area contributed by atoms with Gasteiger partial charge < -0.3 is 10.6 Å². The van der Waals surface area contributed by atoms with Gasteiger partial charge in [0.1, 0.15) is 5.54 Å². The van der Waals surface area contributed by atoms with Gasteiger partial charge in [-0.1, -0.05) is 30.3 Å². The van der Waals surface area contributed by atoms with Crippen LogP contribution >= 0.6 is 0 Å². The van der Waals surface area contributed by atoms with E-state index in [2.05, 4.69) is 6.92 Å². The summed E-state index contributed by atoms with van der Waals surface area (Å²) < 4.78 is 0. The predicted octanol–water partition coefficient (Wildman–Crippen LogP) is 1.87. The summed E-state index contributed by atoms with van der Waals surface area (Å²) in [7, 11) is 0. The first-order valence-electron chi connectivity index (χ1n) is 6.19. The molecular formula is C14H20N2O. The fourth-order valence-corrected chi connectivity index (χ4v) is 2.44. The maximum atomic E-state index is 12.5. The third-order valence-electron chi connectivity index (χ3n) is 3.63. The Morgan fingerprint density at radius 2 is 2.06 bits per heavy atom. The average molecular weight is 232 g/mol. The number of carbonyl (C=O) groups is 1. The number of carbonyl (C=O) groups excluding carboxylic acids is 1. The molecule has 1 saturated heterocycles. The van der Waals surface area contributed by atoms with Gasteiger partial charge in [0.25, 0.3) is 0 Å². The summed E-state index contributed by atoms with van der Waals surface area (Å²) in [5, 5.41) is 0. The molecule has 3 heteroatoms. The quantitative estimate of drug-likeness (QED) is 0.846. The van der Waals surface area contributed by atoms with Crippen molar-refractivity contribution in [2.45, 2.75) is 38.3 Å². The van der Waals surface area contributed by atoms with Crippen molar-refractivity contribution in [1.29, 1.82) is 0 Å². The summed E-state index contributed by atoms with van der Waals surface area (Å²) in [4.78, 5) is 14.4. The summed E-state index contributed by atoms with van der Waals surface area (Å²) in [6, 6.07) is 9.91. The third kappa shape index (κ3) is 2.20. The molecule has 17 heavy (non-hydrogen) atoms. The maximum absolute atomic E-state index is 12.5. The van der Waals surface area contributed by atoms with Gasteiger partial charge in [-0.25, -0.2) is 0 Å². The van der Waals surface area contributed by atoms with Crippen molar-refractivity contribution in [3.63, 3.8) is 0 Å². The van der Waals surface area contributed by atoms with Crippen molar-refractivity contribution < 1.29 is 4.79 Å². The maximum Gasteiger partial charge on any atom is 0.247 e. The molecule has 0 aromatic heterocycles. The Hall–Kier alpha value is -1.35. The second-order valence-electron chi connectivity index (χ2n) is 5.06. The van der Waals surface area contributed by atoms with Gasteiger partial charge in [0.15, 0.2) is 0 Å². The molecule has 1 aromatic carbocycles. The molecule has 1 aromatic rings. The number of nitrogens with zero attached hydrogens (tertiary/aromatic N) is 1. The largest absolute Gasteiger partial charge is 0.338 e. The van der Waals surface area contributed by atoms with E-state index in [4.69, 9.17) is 5.73 Å². The minimum Gasteiger partial charge on any atom is -0.338 e. The SMILES string of the molecule is CC1CCCN1C(=O)C(C)(N)c1ccccc1. The van der Waals surface area contributed by atoms with Crippen LogP contribution in [0.4, 0.5) is 0 Å². The molecule has 0 saturated carbocycles. The van der Waals surface area contributed by atoms with Gasteiger partial charge in [-0.05, 0) is 32.3 Å². The van der Waals surface area contributed by atoms with Crippen molar-refractivity contribution in [1.82, 2.24) is 4.90 Å². The number of hydrogen-bond donors (Lipinski definition) is 1. The van der Waals surface area contributed by atoms with Crippen LogP contribution in [0.2, 0.25) is 0 Å². The molecule has 0 bridgehead atoms. The molecule has 0 spiro atoms. The number of nitrogens with two attached hydrogens (primary N) is 1. The van der Waals surface area contributed by atoms with Crippen LogP contribution in [-0.2, 0) is 10.3 Å². The molecule has 1 aliphatic rings. The number of benzene rings is 1. The monoisotopic (exact) mass is 232 g/mol. The van der Waals surface area contributed by atoms with E-state index in [0.717, 1.165) is 24.9 Å². The second kappa shape index (κ2) is 4.49. The lowest BCUT2D eigenvalue weighted by atomic mass is 9.91. The average Bonchev–Trinajstić information content (AvgIpc) is 2.75. The van der Waals surface area contributed by atoms with Crippen molar-refractivity contribution in [3.8, 4) is 0 Å². The van der Waals surface area contributed by atoms with Crippen LogP contribution < -0.4 is 5.73 Å². The van der Waals surface area contributed by atoms with Crippen LogP contribution in [-0.4, -0.2) is 23.4 Å². The van der Waals surface area contributed by atoms with Crippen LogP contribution in [0.3, 0.4) is 0 Å². The first-order valence-corrected chi connectivity index (χ1v) is 6.19. The molecule has 2 unspecified atom stereocenters. The van der Waals surface area contributed by atoms with Gasteiger partial charge in [0, 0.05) is 12.6 Å². The van der Waals surface area contributed by atoms with Crippen LogP contribution in [0.1, 0.15) is 32.3 Å². The fraction of sp³-hybridized carbons (Fsp3) is 0.500. The van der Waals surface area contributed by atoms with Crippen LogP contribution in [0.25, 0.3) is 0 Å². The minimum atomic E-state index is -0.917. The van der Waals surface area contributed by atoms with Gasteiger partial charge in [0.05, 0.1) is 0 Å². The van der Waals surface area contributed by atoms with Gasteiger partial charge in [-0.15, -0.1) is 0 Å². The molecule has 0 radical (unpaired) electrons. The van der Waals surface area contributed by atoms with Gasteiger partial charge in [-0.2, -0.15) is 0 Å². The number of likely N-dealkylation sites (tertiary alicyclic amines) is 1. The molecule has 0 aliphatic carbocycles. The van der Waals surface area contributed by atoms with Crippen molar-refractivity contribution >= 4 is 5.91 Å². The Balaban J connectivity index is 2.23. The fourth-order valence-electron chi connectivity index (χ4n) is 2.44. The molecule has 2 atom stereocenters. The zero-order valence-electron chi connectivity index (χ0n) is 10.5. The van der Waals surface area contributed by atoms with Crippen LogP contribution in [0.15, 0.2) is 30.3 Å². The number of rotatable bonds is 2. The normalized spacial score (nSPS) is 23.5. The Morgan fingerprint density at radius 3 is 2.59 bits per heavy atom. The van der Waals surface area contributed by atoms with E-state index < -0.39 is 5.54 Å². The number of hydrogen-bond acceptors (Lipinski definition) is 2. The van der Waals surface area contributed by atoms with Crippen molar-refractivity contribution in [3.05, 3.63) is 35.9 Å². The Labute approximate surface area is 103 Å². The lowest BCUT2D eigenvalue weighted by Gasteiger charge is -2.32. The van der Waals surface area contributed by atoms with Crippen LogP contribution in [0.5, 0.6) is 0 Å². The molecule has 1 aliphatic heterocycles. The standard InChI is InChI=1S/C14H20N2O/c1-11-7-6-10-16(11)13(17)14(2,15)12-8-4-3-5-9-12/h3-5,8-9,11H,6-7,10,15H2,1-2H3. The lowest BCUT2D eigenvalue weighted by Crippen LogP contribution is -2.51. The molecule has 3 nitrogen and oxygen atoms in total. The first-order chi connectivity index (χ1) is 8.03. The smallest absolute Gasteiger partial charge is 0.247 e. The summed E-state index contributed by atoms with van der Waals surface area (Å²) >= 11 is 0. The highest BCUT2D eigenvalue weighted by atomic mass is 16.2. The highest BCUT2D eigenvalue weighted by Crippen LogP contribution is 2.25. The van der Waals surface area contributed by atoms with Crippen LogP contribution in [0, 0.1) is 0 Å². The van der Waals surface area contributed by atoms with E-state index in [1.54, 1.807) is 6.92 Å². The molecule has 1 fully saturated rings. The van der Waals surface area contributed by atoms with E-state index in [-0.39, 0.29) is 5.91 Å². The highest BCUT2D eigenvalue weighted by molar-refractivity contribution is 5.87. The third-order valence-corrected chi connectivity index (χ3v) is 3.63. The molecule has 92 valence electrons. The zero-order valence-corrected chi connectivity index (χ0v) is 10.5. The molecule has 1 amide bonds. The van der Waals surface area contributed by atoms with Gasteiger partial charge in [-0.3, -0.25) is 4.79 Å². The topological polar surface area (TPSA) is 46.3 Å². The number of amides is 1. The Kier molecular flexibility index (Phi) is 3.20. The van der Waals surface area contributed by atoms with Crippen molar-refractivity contribution in [2.24, 2.45) is 5.73 Å². The summed E-state index contributed by atoms with van der Waals surface area (Å²) in [5.41, 5.74) is 6.19. The zero-order chi connectivity index (χ0) is 12.5. The second-order valence-corrected chi connectivity index (χ2v) is 5.06. The summed E-state index contributed by atoms with van der Waals surface area (Å²) in [5.74, 6) is 0.0358. The van der Waals surface area contributed by atoms with E-state index in [1.807, 2.05) is 35.2 Å². The Morgan fingerprint density at radius 1 is 1.41 bits per heavy atom. The van der Waals surface area contributed by atoms with E-state index >= 15 is 0 Å². The van der Waals surface area contributed by atoms with Crippen molar-refractivity contribution in [2.75, 3.05) is 6.54 Å². The Bertz CT molecular complexity index is 400. The summed E-state index contributed by atoms with van der Waals surface area (Å²) in [6.45, 7) is 4.72. The first kappa shape index (κ1) is 12.1. The minimum absolute atomic E-state index is 0.0358. The van der Waals surface area contributed by atoms with Gasteiger partial charge >= 0.3 is 0 Å². The molecule has 1 heterocycles. The van der Waals surface area contributed by atoms with E-state index in [1.165, 1.54) is 0 Å². The lowest BCUT2D eigenvalue weighted by molar-refractivity contribution is -0.137. The highest BCUT2D eigenvalue weighted by Gasteiger charge is 2.37. The van der Waals surface area contributed by atoms with E-state index in [0.29, 0.717) is 6.04 Å². The molecule has 2 N–H and O–H groups in total. The molecule has 2 rings (SSSR count).